The predicted octanol–water partition coefficient (Wildman–Crippen LogP) is 2.35. The summed E-state index contributed by atoms with van der Waals surface area (Å²) in [5, 5.41) is 2.10. The number of benzene rings is 2. The van der Waals surface area contributed by atoms with Gasteiger partial charge in [-0.15, -0.1) is 0 Å². The van der Waals surface area contributed by atoms with Crippen LogP contribution in [0.3, 0.4) is 0 Å². The molecule has 2 aromatic carbocycles. The third kappa shape index (κ3) is 5.55. The maximum Gasteiger partial charge on any atom is 0.331 e. The molecule has 134 valence electrons. The van der Waals surface area contributed by atoms with Crippen molar-refractivity contribution in [3.8, 4) is 5.75 Å². The zero-order valence-corrected chi connectivity index (χ0v) is 13.9. The Hall–Kier alpha value is -3.48. The topological polar surface area (TPSA) is 81.7 Å². The molecule has 2 aromatic rings. The van der Waals surface area contributed by atoms with Gasteiger partial charge in [-0.25, -0.2) is 9.18 Å². The monoisotopic (exact) mass is 357 g/mol. The van der Waals surface area contributed by atoms with Gasteiger partial charge in [0.05, 0.1) is 12.7 Å². The summed E-state index contributed by atoms with van der Waals surface area (Å²) in [4.78, 5) is 35.3. The standard InChI is InChI=1S/C19H16FNO5/c1-25-16-8-3-2-7-15(16)19(24)21-17(22)12-26-18(23)10-9-13-5-4-6-14(20)11-13/h2-11H,12H2,1H3,(H,21,22,24)/b10-9+. The van der Waals surface area contributed by atoms with Gasteiger partial charge >= 0.3 is 5.97 Å². The van der Waals surface area contributed by atoms with Gasteiger partial charge in [-0.05, 0) is 35.9 Å². The fourth-order valence-electron chi connectivity index (χ4n) is 2.02. The van der Waals surface area contributed by atoms with Crippen LogP contribution < -0.4 is 10.1 Å². The molecular formula is C19H16FNO5. The number of hydrogen-bond acceptors (Lipinski definition) is 5. The molecule has 0 radical (unpaired) electrons. The van der Waals surface area contributed by atoms with Crippen molar-refractivity contribution in [1.82, 2.24) is 5.32 Å². The molecule has 0 heterocycles. The number of ether oxygens (including phenoxy) is 2. The Morgan fingerprint density at radius 3 is 2.62 bits per heavy atom. The molecule has 0 spiro atoms. The van der Waals surface area contributed by atoms with Crippen molar-refractivity contribution in [3.05, 3.63) is 71.6 Å². The van der Waals surface area contributed by atoms with Crippen LogP contribution in [-0.4, -0.2) is 31.5 Å². The number of carbonyl (C=O) groups excluding carboxylic acids is 3. The lowest BCUT2D eigenvalue weighted by molar-refractivity contribution is -0.143. The van der Waals surface area contributed by atoms with E-state index in [1.807, 2.05) is 0 Å². The zero-order chi connectivity index (χ0) is 18.9. The highest BCUT2D eigenvalue weighted by atomic mass is 19.1. The van der Waals surface area contributed by atoms with E-state index in [0.717, 1.165) is 6.08 Å². The number of imide groups is 1. The van der Waals surface area contributed by atoms with Crippen molar-refractivity contribution in [1.29, 1.82) is 0 Å². The van der Waals surface area contributed by atoms with Gasteiger partial charge in [-0.1, -0.05) is 24.3 Å². The molecule has 0 atom stereocenters. The van der Waals surface area contributed by atoms with E-state index in [4.69, 9.17) is 9.47 Å². The molecule has 0 aliphatic carbocycles. The normalized spacial score (nSPS) is 10.4. The fourth-order valence-corrected chi connectivity index (χ4v) is 2.02. The van der Waals surface area contributed by atoms with Crippen molar-refractivity contribution < 1.29 is 28.2 Å². The van der Waals surface area contributed by atoms with E-state index in [0.29, 0.717) is 11.3 Å². The molecule has 0 unspecified atom stereocenters. The predicted molar refractivity (Wildman–Crippen MR) is 91.9 cm³/mol. The minimum Gasteiger partial charge on any atom is -0.496 e. The van der Waals surface area contributed by atoms with Crippen LogP contribution in [0.25, 0.3) is 6.08 Å². The second-order valence-corrected chi connectivity index (χ2v) is 5.07. The van der Waals surface area contributed by atoms with Crippen molar-refractivity contribution in [2.75, 3.05) is 13.7 Å². The summed E-state index contributed by atoms with van der Waals surface area (Å²) in [6.07, 6.45) is 2.41. The quantitative estimate of drug-likeness (QED) is 0.634. The number of halogens is 1. The van der Waals surface area contributed by atoms with E-state index in [9.17, 15) is 18.8 Å². The van der Waals surface area contributed by atoms with Crippen LogP contribution in [0, 0.1) is 5.82 Å². The number of carbonyl (C=O) groups is 3. The molecule has 2 rings (SSSR count). The zero-order valence-electron chi connectivity index (χ0n) is 13.9. The summed E-state index contributed by atoms with van der Waals surface area (Å²) >= 11 is 0. The average Bonchev–Trinajstić information content (AvgIpc) is 2.64. The minimum atomic E-state index is -0.797. The first-order valence-corrected chi connectivity index (χ1v) is 7.57. The summed E-state index contributed by atoms with van der Waals surface area (Å²) in [5.74, 6) is -2.37. The molecule has 1 N–H and O–H groups in total. The summed E-state index contributed by atoms with van der Waals surface area (Å²) in [7, 11) is 1.40. The molecule has 0 saturated heterocycles. The maximum absolute atomic E-state index is 13.0. The van der Waals surface area contributed by atoms with Gasteiger partial charge in [-0.2, -0.15) is 0 Å². The summed E-state index contributed by atoms with van der Waals surface area (Å²) in [6.45, 7) is -0.632. The van der Waals surface area contributed by atoms with Crippen LogP contribution in [0.1, 0.15) is 15.9 Å². The van der Waals surface area contributed by atoms with Crippen molar-refractivity contribution in [2.45, 2.75) is 0 Å². The van der Waals surface area contributed by atoms with Gasteiger partial charge < -0.3 is 9.47 Å². The van der Waals surface area contributed by atoms with Gasteiger partial charge in [0.15, 0.2) is 6.61 Å². The van der Waals surface area contributed by atoms with E-state index < -0.39 is 30.2 Å². The SMILES string of the molecule is COc1ccccc1C(=O)NC(=O)COC(=O)/C=C/c1cccc(F)c1. The van der Waals surface area contributed by atoms with Gasteiger partial charge in [0.25, 0.3) is 11.8 Å². The van der Waals surface area contributed by atoms with Crippen molar-refractivity contribution >= 4 is 23.9 Å². The van der Waals surface area contributed by atoms with Crippen LogP contribution in [0.2, 0.25) is 0 Å². The second-order valence-electron chi connectivity index (χ2n) is 5.07. The van der Waals surface area contributed by atoms with Gasteiger partial charge in [0.2, 0.25) is 0 Å². The van der Waals surface area contributed by atoms with Crippen LogP contribution in [0.15, 0.2) is 54.6 Å². The number of para-hydroxylation sites is 1. The minimum absolute atomic E-state index is 0.181. The molecule has 0 aliphatic rings. The molecular weight excluding hydrogens is 341 g/mol. The molecule has 0 aliphatic heterocycles. The van der Waals surface area contributed by atoms with Crippen molar-refractivity contribution in [2.24, 2.45) is 0 Å². The van der Waals surface area contributed by atoms with Gasteiger partial charge in [-0.3, -0.25) is 14.9 Å². The summed E-state index contributed by atoms with van der Waals surface area (Å²) < 4.78 is 22.8. The molecule has 6 nitrogen and oxygen atoms in total. The smallest absolute Gasteiger partial charge is 0.331 e. The largest absolute Gasteiger partial charge is 0.496 e. The molecule has 7 heteroatoms. The highest BCUT2D eigenvalue weighted by Crippen LogP contribution is 2.16. The molecule has 26 heavy (non-hydrogen) atoms. The van der Waals surface area contributed by atoms with Crippen LogP contribution in [-0.2, 0) is 14.3 Å². The van der Waals surface area contributed by atoms with Crippen molar-refractivity contribution in [3.63, 3.8) is 0 Å². The molecule has 0 fully saturated rings. The third-order valence-corrected chi connectivity index (χ3v) is 3.21. The van der Waals surface area contributed by atoms with E-state index in [1.165, 1.54) is 37.5 Å². The molecule has 2 amide bonds. The number of esters is 1. The van der Waals surface area contributed by atoms with Crippen LogP contribution >= 0.6 is 0 Å². The fraction of sp³-hybridized carbons (Fsp3) is 0.105. The number of rotatable bonds is 6. The Morgan fingerprint density at radius 1 is 1.12 bits per heavy atom. The lowest BCUT2D eigenvalue weighted by Gasteiger charge is -2.08. The lowest BCUT2D eigenvalue weighted by atomic mass is 10.2. The van der Waals surface area contributed by atoms with E-state index in [1.54, 1.807) is 24.3 Å². The third-order valence-electron chi connectivity index (χ3n) is 3.21. The lowest BCUT2D eigenvalue weighted by Crippen LogP contribution is -2.34. The Bertz CT molecular complexity index is 847. The van der Waals surface area contributed by atoms with E-state index in [-0.39, 0.29) is 5.56 Å². The highest BCUT2D eigenvalue weighted by Gasteiger charge is 2.15. The Kier molecular flexibility index (Phi) is 6.61. The van der Waals surface area contributed by atoms with Crippen LogP contribution in [0.5, 0.6) is 5.75 Å². The summed E-state index contributed by atoms with van der Waals surface area (Å²) in [6, 6.07) is 12.0. The van der Waals surface area contributed by atoms with E-state index in [2.05, 4.69) is 5.32 Å². The number of nitrogens with one attached hydrogen (secondary N) is 1. The van der Waals surface area contributed by atoms with Gasteiger partial charge in [0, 0.05) is 6.08 Å². The number of hydrogen-bond donors (Lipinski definition) is 1. The number of methoxy groups -OCH3 is 1. The van der Waals surface area contributed by atoms with Crippen LogP contribution in [0.4, 0.5) is 4.39 Å². The molecule has 0 bridgehead atoms. The Morgan fingerprint density at radius 2 is 1.88 bits per heavy atom. The molecule has 0 aromatic heterocycles. The first-order chi connectivity index (χ1) is 12.5. The summed E-state index contributed by atoms with van der Waals surface area (Å²) in [5.41, 5.74) is 0.651. The average molecular weight is 357 g/mol. The number of amides is 2. The van der Waals surface area contributed by atoms with E-state index >= 15 is 0 Å². The maximum atomic E-state index is 13.0. The Labute approximate surface area is 149 Å². The Balaban J connectivity index is 1.84. The first-order valence-electron chi connectivity index (χ1n) is 7.57. The van der Waals surface area contributed by atoms with Gasteiger partial charge in [0.1, 0.15) is 11.6 Å². The highest BCUT2D eigenvalue weighted by molar-refractivity contribution is 6.06. The second kappa shape index (κ2) is 9.12. The first kappa shape index (κ1) is 18.9. The molecule has 0 saturated carbocycles.